The summed E-state index contributed by atoms with van der Waals surface area (Å²) in [4.78, 5) is 25.9. The molecule has 1 saturated heterocycles. The fourth-order valence-corrected chi connectivity index (χ4v) is 3.56. The minimum Gasteiger partial charge on any atom is -0.490 e. The summed E-state index contributed by atoms with van der Waals surface area (Å²) in [6.07, 6.45) is 4.91. The van der Waals surface area contributed by atoms with Gasteiger partial charge in [0.25, 0.3) is 5.91 Å². The molecule has 2 aliphatic rings. The summed E-state index contributed by atoms with van der Waals surface area (Å²) < 4.78 is 5.99. The Kier molecular flexibility index (Phi) is 4.96. The molecule has 6 heteroatoms. The Labute approximate surface area is 158 Å². The van der Waals surface area contributed by atoms with Gasteiger partial charge in [0.1, 0.15) is 5.75 Å². The number of urea groups is 1. The van der Waals surface area contributed by atoms with Crippen molar-refractivity contribution in [2.75, 3.05) is 23.3 Å². The van der Waals surface area contributed by atoms with Gasteiger partial charge in [-0.25, -0.2) is 4.79 Å². The summed E-state index contributed by atoms with van der Waals surface area (Å²) in [6.45, 7) is 1.28. The summed E-state index contributed by atoms with van der Waals surface area (Å²) in [5.74, 6) is 0.598. The predicted octanol–water partition coefficient (Wildman–Crippen LogP) is 3.79. The first-order valence-corrected chi connectivity index (χ1v) is 9.42. The van der Waals surface area contributed by atoms with E-state index in [4.69, 9.17) is 4.74 Å². The van der Waals surface area contributed by atoms with Gasteiger partial charge in [-0.1, -0.05) is 6.07 Å². The van der Waals surface area contributed by atoms with Gasteiger partial charge in [-0.05, 0) is 62.1 Å². The molecular formula is C21H23N3O3. The lowest BCUT2D eigenvalue weighted by Gasteiger charge is -2.15. The standard InChI is InChI=1S/C21H23N3O3/c25-20(15-8-10-17(11-9-15)24-13-12-22-21(24)26)23-16-4-3-7-19(14-16)27-18-5-1-2-6-18/h3-4,7-11,14,18H,1-2,5-6,12-13H2,(H,22,26)(H,23,25). The molecule has 2 aromatic rings. The molecule has 1 aliphatic heterocycles. The average molecular weight is 365 g/mol. The molecule has 0 radical (unpaired) electrons. The summed E-state index contributed by atoms with van der Waals surface area (Å²) >= 11 is 0. The molecule has 1 aliphatic carbocycles. The van der Waals surface area contributed by atoms with Crippen LogP contribution in [0.3, 0.4) is 0 Å². The van der Waals surface area contributed by atoms with Gasteiger partial charge in [-0.3, -0.25) is 9.69 Å². The molecule has 140 valence electrons. The third kappa shape index (κ3) is 4.05. The SMILES string of the molecule is O=C(Nc1cccc(OC2CCCC2)c1)c1ccc(N2CCNC2=O)cc1. The lowest BCUT2D eigenvalue weighted by molar-refractivity contribution is 0.102. The maximum Gasteiger partial charge on any atom is 0.321 e. The van der Waals surface area contributed by atoms with E-state index in [1.807, 2.05) is 24.3 Å². The zero-order valence-corrected chi connectivity index (χ0v) is 15.1. The summed E-state index contributed by atoms with van der Waals surface area (Å²) in [5.41, 5.74) is 2.03. The summed E-state index contributed by atoms with van der Waals surface area (Å²) in [5, 5.41) is 5.67. The fraction of sp³-hybridized carbons (Fsp3) is 0.333. The Morgan fingerprint density at radius 3 is 2.59 bits per heavy atom. The van der Waals surface area contributed by atoms with Crippen molar-refractivity contribution < 1.29 is 14.3 Å². The van der Waals surface area contributed by atoms with E-state index in [2.05, 4.69) is 10.6 Å². The van der Waals surface area contributed by atoms with Gasteiger partial charge in [-0.2, -0.15) is 0 Å². The van der Waals surface area contributed by atoms with Crippen LogP contribution in [0.2, 0.25) is 0 Å². The third-order valence-electron chi connectivity index (χ3n) is 4.99. The molecular weight excluding hydrogens is 342 g/mol. The average Bonchev–Trinajstić information content (AvgIpc) is 3.34. The van der Waals surface area contributed by atoms with Crippen LogP contribution in [0.4, 0.5) is 16.2 Å². The van der Waals surface area contributed by atoms with Crippen molar-refractivity contribution in [3.8, 4) is 5.75 Å². The first-order valence-electron chi connectivity index (χ1n) is 9.42. The molecule has 3 amide bonds. The van der Waals surface area contributed by atoms with Crippen molar-refractivity contribution >= 4 is 23.3 Å². The number of rotatable bonds is 5. The molecule has 0 aromatic heterocycles. The van der Waals surface area contributed by atoms with E-state index in [0.29, 0.717) is 24.3 Å². The van der Waals surface area contributed by atoms with E-state index in [-0.39, 0.29) is 18.0 Å². The maximum atomic E-state index is 12.5. The van der Waals surface area contributed by atoms with Crippen LogP contribution >= 0.6 is 0 Å². The highest BCUT2D eigenvalue weighted by molar-refractivity contribution is 6.04. The first kappa shape index (κ1) is 17.4. The second-order valence-electron chi connectivity index (χ2n) is 6.94. The van der Waals surface area contributed by atoms with Gasteiger partial charge < -0.3 is 15.4 Å². The Balaban J connectivity index is 1.40. The lowest BCUT2D eigenvalue weighted by Crippen LogP contribution is -2.27. The van der Waals surface area contributed by atoms with Crippen molar-refractivity contribution in [1.82, 2.24) is 5.32 Å². The number of anilines is 2. The van der Waals surface area contributed by atoms with E-state index in [1.165, 1.54) is 12.8 Å². The van der Waals surface area contributed by atoms with Crippen LogP contribution in [-0.2, 0) is 0 Å². The van der Waals surface area contributed by atoms with Gasteiger partial charge in [0.05, 0.1) is 6.10 Å². The number of hydrogen-bond acceptors (Lipinski definition) is 3. The smallest absolute Gasteiger partial charge is 0.321 e. The largest absolute Gasteiger partial charge is 0.490 e. The van der Waals surface area contributed by atoms with Crippen LogP contribution in [0.5, 0.6) is 5.75 Å². The number of carbonyl (C=O) groups is 2. The Bertz CT molecular complexity index is 829. The van der Waals surface area contributed by atoms with Gasteiger partial charge in [-0.15, -0.1) is 0 Å². The van der Waals surface area contributed by atoms with Gasteiger partial charge in [0.15, 0.2) is 0 Å². The van der Waals surface area contributed by atoms with Crippen molar-refractivity contribution in [2.45, 2.75) is 31.8 Å². The van der Waals surface area contributed by atoms with Crippen molar-refractivity contribution in [1.29, 1.82) is 0 Å². The topological polar surface area (TPSA) is 70.7 Å². The van der Waals surface area contributed by atoms with Crippen LogP contribution in [0, 0.1) is 0 Å². The Morgan fingerprint density at radius 2 is 1.89 bits per heavy atom. The van der Waals surface area contributed by atoms with Gasteiger partial charge in [0.2, 0.25) is 0 Å². The molecule has 6 nitrogen and oxygen atoms in total. The van der Waals surface area contributed by atoms with Gasteiger partial charge in [0, 0.05) is 36.1 Å². The predicted molar refractivity (Wildman–Crippen MR) is 104 cm³/mol. The number of ether oxygens (including phenoxy) is 1. The zero-order valence-electron chi connectivity index (χ0n) is 15.1. The number of amides is 3. The van der Waals surface area contributed by atoms with Crippen LogP contribution in [0.25, 0.3) is 0 Å². The summed E-state index contributed by atoms with van der Waals surface area (Å²) in [6, 6.07) is 14.5. The monoisotopic (exact) mass is 365 g/mol. The zero-order chi connectivity index (χ0) is 18.6. The molecule has 0 unspecified atom stereocenters. The van der Waals surface area contributed by atoms with Crippen LogP contribution < -0.4 is 20.3 Å². The van der Waals surface area contributed by atoms with Crippen LogP contribution in [-0.4, -0.2) is 31.1 Å². The Morgan fingerprint density at radius 1 is 1.11 bits per heavy atom. The highest BCUT2D eigenvalue weighted by Crippen LogP contribution is 2.26. The number of nitrogens with one attached hydrogen (secondary N) is 2. The van der Waals surface area contributed by atoms with Gasteiger partial charge >= 0.3 is 6.03 Å². The second kappa shape index (κ2) is 7.70. The third-order valence-corrected chi connectivity index (χ3v) is 4.99. The van der Waals surface area contributed by atoms with E-state index < -0.39 is 0 Å². The molecule has 0 bridgehead atoms. The van der Waals surface area contributed by atoms with E-state index >= 15 is 0 Å². The number of hydrogen-bond donors (Lipinski definition) is 2. The number of nitrogens with zero attached hydrogens (tertiary/aromatic N) is 1. The van der Waals surface area contributed by atoms with E-state index in [9.17, 15) is 9.59 Å². The van der Waals surface area contributed by atoms with Crippen molar-refractivity contribution in [3.05, 3.63) is 54.1 Å². The molecule has 0 spiro atoms. The fourth-order valence-electron chi connectivity index (χ4n) is 3.56. The molecule has 27 heavy (non-hydrogen) atoms. The molecule has 4 rings (SSSR count). The molecule has 2 aromatic carbocycles. The molecule has 1 heterocycles. The number of carbonyl (C=O) groups excluding carboxylic acids is 2. The molecule has 1 saturated carbocycles. The highest BCUT2D eigenvalue weighted by atomic mass is 16.5. The lowest BCUT2D eigenvalue weighted by atomic mass is 10.1. The van der Waals surface area contributed by atoms with Crippen LogP contribution in [0.15, 0.2) is 48.5 Å². The van der Waals surface area contributed by atoms with Crippen LogP contribution in [0.1, 0.15) is 36.0 Å². The number of benzene rings is 2. The second-order valence-corrected chi connectivity index (χ2v) is 6.94. The quantitative estimate of drug-likeness (QED) is 0.847. The van der Waals surface area contributed by atoms with E-state index in [1.54, 1.807) is 29.2 Å². The minimum absolute atomic E-state index is 0.105. The Hall–Kier alpha value is -3.02. The van der Waals surface area contributed by atoms with E-state index in [0.717, 1.165) is 24.3 Å². The minimum atomic E-state index is -0.189. The summed E-state index contributed by atoms with van der Waals surface area (Å²) in [7, 11) is 0. The first-order chi connectivity index (χ1) is 13.2. The highest BCUT2D eigenvalue weighted by Gasteiger charge is 2.21. The molecule has 0 atom stereocenters. The molecule has 2 N–H and O–H groups in total. The maximum absolute atomic E-state index is 12.5. The normalized spacial score (nSPS) is 17.0. The van der Waals surface area contributed by atoms with Crippen molar-refractivity contribution in [3.63, 3.8) is 0 Å². The molecule has 2 fully saturated rings. The van der Waals surface area contributed by atoms with Crippen molar-refractivity contribution in [2.24, 2.45) is 0 Å².